The van der Waals surface area contributed by atoms with Crippen molar-refractivity contribution in [2.75, 3.05) is 26.2 Å². The average molecular weight is 398 g/mol. The minimum atomic E-state index is -0.616. The number of nitrogens with one attached hydrogen (secondary N) is 1. The van der Waals surface area contributed by atoms with Gasteiger partial charge in [-0.3, -0.25) is 14.8 Å². The van der Waals surface area contributed by atoms with Gasteiger partial charge in [0.25, 0.3) is 5.91 Å². The summed E-state index contributed by atoms with van der Waals surface area (Å²) >= 11 is 0. The Bertz CT molecular complexity index is 614. The van der Waals surface area contributed by atoms with E-state index in [0.29, 0.717) is 44.1 Å². The van der Waals surface area contributed by atoms with Gasteiger partial charge in [-0.15, -0.1) is 0 Å². The van der Waals surface area contributed by atoms with Gasteiger partial charge in [-0.05, 0) is 52.4 Å². The molecule has 2 atom stereocenters. The third-order valence-corrected chi connectivity index (χ3v) is 5.41. The first kappa shape index (κ1) is 20.7. The molecule has 2 N–H and O–H groups in total. The zero-order valence-electron chi connectivity index (χ0n) is 16.7. The summed E-state index contributed by atoms with van der Waals surface area (Å²) in [5, 5.41) is 10.4. The van der Waals surface area contributed by atoms with Crippen LogP contribution in [0.5, 0.6) is 0 Å². The summed E-state index contributed by atoms with van der Waals surface area (Å²) in [5.41, 5.74) is 1.94. The zero-order valence-corrected chi connectivity index (χ0v) is 16.7. The fraction of sp³-hybridized carbons (Fsp3) is 0.833. The Kier molecular flexibility index (Phi) is 5.99. The van der Waals surface area contributed by atoms with Crippen molar-refractivity contribution >= 4 is 18.0 Å². The summed E-state index contributed by atoms with van der Waals surface area (Å²) in [5.74, 6) is -0.135. The van der Waals surface area contributed by atoms with Gasteiger partial charge in [-0.1, -0.05) is 0 Å². The van der Waals surface area contributed by atoms with Crippen LogP contribution < -0.4 is 5.48 Å². The Labute approximate surface area is 164 Å². The number of amides is 4. The van der Waals surface area contributed by atoms with Gasteiger partial charge < -0.3 is 14.5 Å². The molecule has 0 aliphatic carbocycles. The number of ether oxygens (including phenoxy) is 1. The van der Waals surface area contributed by atoms with Gasteiger partial charge in [-0.25, -0.2) is 20.1 Å². The van der Waals surface area contributed by atoms with Gasteiger partial charge in [0.1, 0.15) is 11.6 Å². The van der Waals surface area contributed by atoms with Crippen LogP contribution in [0.25, 0.3) is 0 Å². The van der Waals surface area contributed by atoms with Crippen molar-refractivity contribution < 1.29 is 29.2 Å². The van der Waals surface area contributed by atoms with Gasteiger partial charge in [0.15, 0.2) is 0 Å². The van der Waals surface area contributed by atoms with Gasteiger partial charge in [-0.2, -0.15) is 0 Å². The van der Waals surface area contributed by atoms with E-state index in [0.717, 1.165) is 12.8 Å². The lowest BCUT2D eigenvalue weighted by Gasteiger charge is -2.33. The zero-order chi connectivity index (χ0) is 20.5. The van der Waals surface area contributed by atoms with E-state index >= 15 is 0 Å². The molecule has 3 aliphatic rings. The number of likely N-dealkylation sites (tertiary alicyclic amines) is 1. The van der Waals surface area contributed by atoms with Gasteiger partial charge in [0.2, 0.25) is 0 Å². The lowest BCUT2D eigenvalue weighted by atomic mass is 9.98. The van der Waals surface area contributed by atoms with E-state index in [-0.39, 0.29) is 24.0 Å². The Morgan fingerprint density at radius 3 is 2.50 bits per heavy atom. The van der Waals surface area contributed by atoms with Gasteiger partial charge in [0.05, 0.1) is 12.6 Å². The highest BCUT2D eigenvalue weighted by molar-refractivity contribution is 5.87. The predicted molar refractivity (Wildman–Crippen MR) is 97.2 cm³/mol. The average Bonchev–Trinajstić information content (AvgIpc) is 2.85. The number of piperidine rings is 2. The minimum absolute atomic E-state index is 0.229. The summed E-state index contributed by atoms with van der Waals surface area (Å²) < 4.78 is 5.38. The highest BCUT2D eigenvalue weighted by Crippen LogP contribution is 2.28. The molecule has 158 valence electrons. The molecule has 0 aromatic rings. The molecule has 0 unspecified atom stereocenters. The molecule has 0 aromatic heterocycles. The molecule has 4 amide bonds. The van der Waals surface area contributed by atoms with Crippen molar-refractivity contribution in [1.29, 1.82) is 0 Å². The van der Waals surface area contributed by atoms with Crippen LogP contribution in [0, 0.1) is 5.92 Å². The topological polar surface area (TPSA) is 112 Å². The monoisotopic (exact) mass is 398 g/mol. The predicted octanol–water partition coefficient (Wildman–Crippen LogP) is 1.34. The first-order valence-electron chi connectivity index (χ1n) is 9.84. The van der Waals surface area contributed by atoms with Crippen LogP contribution in [0.15, 0.2) is 0 Å². The normalized spacial score (nSPS) is 25.9. The van der Waals surface area contributed by atoms with Crippen molar-refractivity contribution in [2.45, 2.75) is 64.1 Å². The van der Waals surface area contributed by atoms with E-state index < -0.39 is 17.7 Å². The molecule has 0 spiro atoms. The van der Waals surface area contributed by atoms with E-state index in [1.807, 2.05) is 20.8 Å². The maximum atomic E-state index is 12.4. The van der Waals surface area contributed by atoms with E-state index in [9.17, 15) is 19.6 Å². The van der Waals surface area contributed by atoms with Crippen LogP contribution in [0.2, 0.25) is 0 Å². The maximum absolute atomic E-state index is 12.4. The van der Waals surface area contributed by atoms with E-state index in [2.05, 4.69) is 5.48 Å². The molecule has 3 aliphatic heterocycles. The highest BCUT2D eigenvalue weighted by atomic mass is 16.7. The fourth-order valence-electron chi connectivity index (χ4n) is 3.83. The molecule has 10 heteroatoms. The number of hydrogen-bond acceptors (Lipinski definition) is 6. The molecule has 3 heterocycles. The van der Waals surface area contributed by atoms with Crippen LogP contribution in [-0.4, -0.2) is 82.0 Å². The van der Waals surface area contributed by atoms with Crippen molar-refractivity contribution in [3.05, 3.63) is 0 Å². The quantitative estimate of drug-likeness (QED) is 0.546. The number of carbonyl (C=O) groups excluding carboxylic acids is 3. The molecule has 0 saturated carbocycles. The SMILES string of the molecule is CC(C)(C)OC(=O)N1CCC(CONC(=O)[C@@H]2CC[C@@H]3CN2C(=O)N3O)CC1. The van der Waals surface area contributed by atoms with Crippen LogP contribution in [0.1, 0.15) is 46.5 Å². The number of hydroxylamine groups is 3. The Hall–Kier alpha value is -2.07. The van der Waals surface area contributed by atoms with Crippen molar-refractivity contribution in [1.82, 2.24) is 20.3 Å². The first-order chi connectivity index (χ1) is 13.2. The molecule has 28 heavy (non-hydrogen) atoms. The molecular weight excluding hydrogens is 368 g/mol. The van der Waals surface area contributed by atoms with Gasteiger partial charge in [0, 0.05) is 19.6 Å². The molecule has 0 aromatic carbocycles. The van der Waals surface area contributed by atoms with Crippen molar-refractivity contribution in [3.8, 4) is 0 Å². The number of nitrogens with zero attached hydrogens (tertiary/aromatic N) is 3. The highest BCUT2D eigenvalue weighted by Gasteiger charge is 2.46. The van der Waals surface area contributed by atoms with Crippen molar-refractivity contribution in [3.63, 3.8) is 0 Å². The Morgan fingerprint density at radius 2 is 1.86 bits per heavy atom. The number of fused-ring (bicyclic) bond motifs is 2. The fourth-order valence-corrected chi connectivity index (χ4v) is 3.83. The summed E-state index contributed by atoms with van der Waals surface area (Å²) in [6.07, 6.45) is 2.31. The Morgan fingerprint density at radius 1 is 1.18 bits per heavy atom. The molecule has 3 rings (SSSR count). The third kappa shape index (κ3) is 4.67. The maximum Gasteiger partial charge on any atom is 0.410 e. The van der Waals surface area contributed by atoms with Crippen molar-refractivity contribution in [2.24, 2.45) is 5.92 Å². The van der Waals surface area contributed by atoms with Gasteiger partial charge >= 0.3 is 12.1 Å². The lowest BCUT2D eigenvalue weighted by Crippen LogP contribution is -2.50. The minimum Gasteiger partial charge on any atom is -0.444 e. The number of urea groups is 1. The molecule has 0 radical (unpaired) electrons. The van der Waals surface area contributed by atoms with E-state index in [1.165, 1.54) is 4.90 Å². The Balaban J connectivity index is 1.37. The molecule has 3 fully saturated rings. The lowest BCUT2D eigenvalue weighted by molar-refractivity contribution is -0.140. The second kappa shape index (κ2) is 8.12. The molecular formula is C18H30N4O6. The third-order valence-electron chi connectivity index (χ3n) is 5.41. The van der Waals surface area contributed by atoms with Crippen LogP contribution in [-0.2, 0) is 14.4 Å². The molecule has 3 saturated heterocycles. The van der Waals surface area contributed by atoms with E-state index in [4.69, 9.17) is 9.57 Å². The second-order valence-corrected chi connectivity index (χ2v) is 8.71. The molecule has 2 bridgehead atoms. The number of rotatable bonds is 4. The smallest absolute Gasteiger partial charge is 0.410 e. The van der Waals surface area contributed by atoms with Crippen LogP contribution in [0.3, 0.4) is 0 Å². The largest absolute Gasteiger partial charge is 0.444 e. The summed E-state index contributed by atoms with van der Waals surface area (Å²) in [4.78, 5) is 44.8. The number of hydrogen-bond donors (Lipinski definition) is 2. The van der Waals surface area contributed by atoms with Crippen LogP contribution >= 0.6 is 0 Å². The summed E-state index contributed by atoms with van der Waals surface area (Å²) in [6.45, 7) is 7.42. The first-order valence-corrected chi connectivity index (χ1v) is 9.84. The standard InChI is InChI=1S/C18H30N4O6/c1-18(2,3)28-17(25)20-8-6-12(7-9-20)11-27-19-15(23)14-5-4-13-10-21(14)16(24)22(13)26/h12-14,26H,4-11H2,1-3H3,(H,19,23)/t13-,14+/m1/s1. The summed E-state index contributed by atoms with van der Waals surface area (Å²) in [6, 6.07) is -1.38. The van der Waals surface area contributed by atoms with E-state index in [1.54, 1.807) is 4.90 Å². The van der Waals surface area contributed by atoms with Crippen LogP contribution in [0.4, 0.5) is 9.59 Å². The second-order valence-electron chi connectivity index (χ2n) is 8.71. The summed E-state index contributed by atoms with van der Waals surface area (Å²) in [7, 11) is 0. The molecule has 10 nitrogen and oxygen atoms in total. The number of carbonyl (C=O) groups is 3.